The lowest BCUT2D eigenvalue weighted by Crippen LogP contribution is -2.65. The van der Waals surface area contributed by atoms with Gasteiger partial charge in [-0.25, -0.2) is 4.79 Å². The van der Waals surface area contributed by atoms with Crippen LogP contribution in [0.4, 0.5) is 0 Å². The highest BCUT2D eigenvalue weighted by Crippen LogP contribution is 2.46. The number of nitrogens with zero attached hydrogens (tertiary/aromatic N) is 1. The average Bonchev–Trinajstić information content (AvgIpc) is 2.59. The molecule has 150 valence electrons. The van der Waals surface area contributed by atoms with E-state index in [9.17, 15) is 15.0 Å². The van der Waals surface area contributed by atoms with E-state index in [-0.39, 0.29) is 23.6 Å². The van der Waals surface area contributed by atoms with E-state index in [0.29, 0.717) is 26.0 Å². The maximum absolute atomic E-state index is 11.1. The summed E-state index contributed by atoms with van der Waals surface area (Å²) >= 11 is 0. The van der Waals surface area contributed by atoms with Crippen molar-refractivity contribution in [2.45, 2.75) is 63.6 Å². The molecule has 0 amide bonds. The second kappa shape index (κ2) is 8.55. The van der Waals surface area contributed by atoms with Crippen LogP contribution in [0.1, 0.15) is 51.2 Å². The number of ether oxygens (including phenoxy) is 1. The van der Waals surface area contributed by atoms with Gasteiger partial charge in [-0.15, -0.1) is 0 Å². The number of hydrogen-bond acceptors (Lipinski definition) is 5. The Bertz CT molecular complexity index is 651. The van der Waals surface area contributed by atoms with Crippen LogP contribution in [-0.4, -0.2) is 58.0 Å². The molecule has 2 N–H and O–H groups in total. The van der Waals surface area contributed by atoms with Crippen molar-refractivity contribution in [3.8, 4) is 0 Å². The first kappa shape index (κ1) is 21.6. The summed E-state index contributed by atoms with van der Waals surface area (Å²) in [5, 5.41) is 20.5. The topological polar surface area (TPSA) is 70.0 Å². The number of carbonyl (C=O) groups excluding carboxylic acids is 1. The van der Waals surface area contributed by atoms with Crippen molar-refractivity contribution in [2.75, 3.05) is 19.8 Å². The van der Waals surface area contributed by atoms with E-state index in [0.717, 1.165) is 17.2 Å². The zero-order valence-corrected chi connectivity index (χ0v) is 16.9. The van der Waals surface area contributed by atoms with Gasteiger partial charge in [0.2, 0.25) is 0 Å². The molecule has 27 heavy (non-hydrogen) atoms. The van der Waals surface area contributed by atoms with E-state index in [1.54, 1.807) is 0 Å². The Morgan fingerprint density at radius 2 is 1.93 bits per heavy atom. The molecule has 5 nitrogen and oxygen atoms in total. The number of aliphatic hydroxyl groups is 2. The van der Waals surface area contributed by atoms with Crippen molar-refractivity contribution in [3.63, 3.8) is 0 Å². The molecule has 2 unspecified atom stereocenters. The van der Waals surface area contributed by atoms with Crippen LogP contribution in [0, 0.1) is 0 Å². The van der Waals surface area contributed by atoms with Crippen molar-refractivity contribution in [1.29, 1.82) is 0 Å². The van der Waals surface area contributed by atoms with E-state index < -0.39 is 12.1 Å². The highest BCUT2D eigenvalue weighted by molar-refractivity contribution is 5.81. The number of hydrogen-bond donors (Lipinski definition) is 2. The normalized spacial score (nSPS) is 24.4. The van der Waals surface area contributed by atoms with Gasteiger partial charge in [0.25, 0.3) is 0 Å². The van der Waals surface area contributed by atoms with E-state index in [4.69, 9.17) is 4.74 Å². The van der Waals surface area contributed by atoms with E-state index >= 15 is 0 Å². The molecule has 0 radical (unpaired) electrons. The molecule has 1 aliphatic rings. The van der Waals surface area contributed by atoms with Crippen LogP contribution in [0.15, 0.2) is 36.9 Å². The van der Waals surface area contributed by atoms with E-state index in [1.165, 1.54) is 0 Å². The summed E-state index contributed by atoms with van der Waals surface area (Å²) in [6.45, 7) is 12.9. The first-order chi connectivity index (χ1) is 12.6. The van der Waals surface area contributed by atoms with Crippen molar-refractivity contribution in [3.05, 3.63) is 48.0 Å². The molecule has 0 bridgehead atoms. The number of piperidine rings is 1. The Balaban J connectivity index is 2.18. The average molecular weight is 376 g/mol. The third-order valence-electron chi connectivity index (χ3n) is 5.75. The monoisotopic (exact) mass is 375 g/mol. The molecule has 1 fully saturated rings. The Hall–Kier alpha value is -1.69. The van der Waals surface area contributed by atoms with Gasteiger partial charge in [-0.2, -0.15) is 0 Å². The Morgan fingerprint density at radius 1 is 1.30 bits per heavy atom. The van der Waals surface area contributed by atoms with Gasteiger partial charge in [0, 0.05) is 36.0 Å². The van der Waals surface area contributed by atoms with Crippen LogP contribution >= 0.6 is 0 Å². The molecule has 1 heterocycles. The van der Waals surface area contributed by atoms with Crippen LogP contribution < -0.4 is 0 Å². The number of rotatable bonds is 7. The summed E-state index contributed by atoms with van der Waals surface area (Å²) in [6.07, 6.45) is 2.00. The van der Waals surface area contributed by atoms with Gasteiger partial charge in [-0.05, 0) is 45.2 Å². The van der Waals surface area contributed by atoms with Gasteiger partial charge < -0.3 is 14.9 Å². The van der Waals surface area contributed by atoms with Crippen molar-refractivity contribution in [1.82, 2.24) is 4.90 Å². The fourth-order valence-electron chi connectivity index (χ4n) is 4.70. The molecular formula is C22H33NO4. The number of esters is 1. The Labute approximate surface area is 162 Å². The SMILES string of the molecule is C=CC(=O)OCCc1ccc(C2C(O)CC(C)(C)N(CCO)C2(C)C)cc1. The van der Waals surface area contributed by atoms with Crippen molar-refractivity contribution < 1.29 is 19.7 Å². The van der Waals surface area contributed by atoms with Gasteiger partial charge in [0.1, 0.15) is 0 Å². The molecule has 0 aromatic heterocycles. The Kier molecular flexibility index (Phi) is 6.84. The molecule has 1 aliphatic heterocycles. The summed E-state index contributed by atoms with van der Waals surface area (Å²) in [5.41, 5.74) is 1.67. The van der Waals surface area contributed by atoms with Gasteiger partial charge in [0.15, 0.2) is 0 Å². The summed E-state index contributed by atoms with van der Waals surface area (Å²) in [5.74, 6) is -0.463. The van der Waals surface area contributed by atoms with E-state index in [1.807, 2.05) is 12.1 Å². The minimum absolute atomic E-state index is 0.0512. The number of aliphatic hydroxyl groups excluding tert-OH is 2. The van der Waals surface area contributed by atoms with Crippen molar-refractivity contribution in [2.24, 2.45) is 0 Å². The molecule has 2 rings (SSSR count). The lowest BCUT2D eigenvalue weighted by Gasteiger charge is -2.58. The molecular weight excluding hydrogens is 342 g/mol. The summed E-state index contributed by atoms with van der Waals surface area (Å²) in [7, 11) is 0. The number of carbonyl (C=O) groups is 1. The fourth-order valence-corrected chi connectivity index (χ4v) is 4.70. The van der Waals surface area contributed by atoms with Crippen LogP contribution in [-0.2, 0) is 16.0 Å². The lowest BCUT2D eigenvalue weighted by molar-refractivity contribution is -0.137. The number of benzene rings is 1. The number of likely N-dealkylation sites (tertiary alicyclic amines) is 1. The molecule has 0 saturated carbocycles. The second-order valence-electron chi connectivity index (χ2n) is 8.45. The molecule has 0 spiro atoms. The van der Waals surface area contributed by atoms with Crippen LogP contribution in [0.2, 0.25) is 0 Å². The first-order valence-corrected chi connectivity index (χ1v) is 9.58. The molecule has 1 aromatic carbocycles. The van der Waals surface area contributed by atoms with Gasteiger partial charge in [0.05, 0.1) is 19.3 Å². The van der Waals surface area contributed by atoms with Gasteiger partial charge in [-0.3, -0.25) is 4.90 Å². The highest BCUT2D eigenvalue weighted by atomic mass is 16.5. The standard InChI is InChI=1S/C22H33NO4/c1-6-19(26)27-14-11-16-7-9-17(10-8-16)20-18(25)15-21(2,3)23(12-13-24)22(20,4)5/h6-10,18,20,24-25H,1,11-15H2,2-5H3. The van der Waals surface area contributed by atoms with Crippen LogP contribution in [0.3, 0.4) is 0 Å². The quantitative estimate of drug-likeness (QED) is 0.566. The third-order valence-corrected chi connectivity index (χ3v) is 5.75. The van der Waals surface area contributed by atoms with Gasteiger partial charge in [-0.1, -0.05) is 30.8 Å². The lowest BCUT2D eigenvalue weighted by atomic mass is 9.68. The van der Waals surface area contributed by atoms with E-state index in [2.05, 4.69) is 51.3 Å². The summed E-state index contributed by atoms with van der Waals surface area (Å²) < 4.78 is 5.03. The molecule has 2 atom stereocenters. The second-order valence-corrected chi connectivity index (χ2v) is 8.45. The first-order valence-electron chi connectivity index (χ1n) is 9.58. The smallest absolute Gasteiger partial charge is 0.330 e. The van der Waals surface area contributed by atoms with Crippen molar-refractivity contribution >= 4 is 5.97 Å². The zero-order chi connectivity index (χ0) is 20.2. The fraction of sp³-hybridized carbons (Fsp3) is 0.591. The molecule has 0 aliphatic carbocycles. The third kappa shape index (κ3) is 4.78. The molecule has 5 heteroatoms. The largest absolute Gasteiger partial charge is 0.462 e. The maximum Gasteiger partial charge on any atom is 0.330 e. The van der Waals surface area contributed by atoms with Crippen LogP contribution in [0.25, 0.3) is 0 Å². The predicted octanol–water partition coefficient (Wildman–Crippen LogP) is 2.66. The minimum atomic E-state index is -0.454. The number of β-amino-alcohol motifs (C(OH)–C–C–N with tert-alkyl or cyclic N) is 1. The summed E-state index contributed by atoms with van der Waals surface area (Å²) in [4.78, 5) is 13.4. The highest BCUT2D eigenvalue weighted by Gasteiger charge is 2.51. The minimum Gasteiger partial charge on any atom is -0.462 e. The van der Waals surface area contributed by atoms with Crippen LogP contribution in [0.5, 0.6) is 0 Å². The Morgan fingerprint density at radius 3 is 2.48 bits per heavy atom. The zero-order valence-electron chi connectivity index (χ0n) is 16.9. The van der Waals surface area contributed by atoms with Gasteiger partial charge >= 0.3 is 5.97 Å². The molecule has 1 aromatic rings. The molecule has 1 saturated heterocycles. The predicted molar refractivity (Wildman–Crippen MR) is 107 cm³/mol. The maximum atomic E-state index is 11.1. The summed E-state index contributed by atoms with van der Waals surface area (Å²) in [6, 6.07) is 8.15.